The number of nitrogens with one attached hydrogen (secondary N) is 1. The van der Waals surface area contributed by atoms with E-state index < -0.39 is 0 Å². The lowest BCUT2D eigenvalue weighted by molar-refractivity contribution is -0.118. The molecule has 1 N–H and O–H groups in total. The van der Waals surface area contributed by atoms with Gasteiger partial charge in [0.15, 0.2) is 18.1 Å². The second-order valence-electron chi connectivity index (χ2n) is 6.92. The molecule has 5 nitrogen and oxygen atoms in total. The number of fused-ring (bicyclic) bond motifs is 1. The minimum absolute atomic E-state index is 0.0153. The number of rotatable bonds is 7. The molecule has 7 heteroatoms. The number of anilines is 1. The van der Waals surface area contributed by atoms with Crippen LogP contribution in [0.5, 0.6) is 11.5 Å². The number of amides is 1. The van der Waals surface area contributed by atoms with Gasteiger partial charge < -0.3 is 14.8 Å². The van der Waals surface area contributed by atoms with E-state index in [2.05, 4.69) is 5.32 Å². The number of ketones is 1. The Kier molecular flexibility index (Phi) is 6.83. The number of carbonyl (C=O) groups is 2. The van der Waals surface area contributed by atoms with Crippen LogP contribution in [0.4, 0.5) is 5.69 Å². The molecule has 3 aromatic carbocycles. The normalized spacial score (nSPS) is 13.7. The molecule has 0 bridgehead atoms. The van der Waals surface area contributed by atoms with Crippen molar-refractivity contribution in [1.29, 1.82) is 0 Å². The third-order valence-corrected chi connectivity index (χ3v) is 5.94. The zero-order valence-corrected chi connectivity index (χ0v) is 18.8. The first-order chi connectivity index (χ1) is 15.5. The summed E-state index contributed by atoms with van der Waals surface area (Å²) >= 11 is 7.40. The summed E-state index contributed by atoms with van der Waals surface area (Å²) in [4.78, 5) is 26.5. The van der Waals surface area contributed by atoms with Crippen molar-refractivity contribution < 1.29 is 19.1 Å². The Balaban J connectivity index is 1.46. The number of benzene rings is 3. The molecule has 0 saturated carbocycles. The van der Waals surface area contributed by atoms with Crippen LogP contribution in [-0.2, 0) is 4.79 Å². The Bertz CT molecular complexity index is 1210. The predicted octanol–water partition coefficient (Wildman–Crippen LogP) is 6.09. The molecule has 0 aliphatic carbocycles. The molecule has 0 aromatic heterocycles. The molecule has 0 spiro atoms. The number of allylic oxidation sites excluding steroid dienone is 1. The number of carbonyl (C=O) groups excluding carboxylic acids is 2. The first-order valence-corrected chi connectivity index (χ1v) is 11.2. The molecule has 0 radical (unpaired) electrons. The average molecular weight is 466 g/mol. The van der Waals surface area contributed by atoms with Gasteiger partial charge in [-0.15, -0.1) is 0 Å². The van der Waals surface area contributed by atoms with E-state index in [4.69, 9.17) is 21.1 Å². The summed E-state index contributed by atoms with van der Waals surface area (Å²) in [6.07, 6.45) is 1.84. The molecular weight excluding hydrogens is 446 g/mol. The van der Waals surface area contributed by atoms with Crippen molar-refractivity contribution in [3.63, 3.8) is 0 Å². The van der Waals surface area contributed by atoms with Crippen LogP contribution < -0.4 is 14.8 Å². The van der Waals surface area contributed by atoms with E-state index in [0.717, 1.165) is 16.0 Å². The largest absolute Gasteiger partial charge is 0.490 e. The van der Waals surface area contributed by atoms with Crippen molar-refractivity contribution in [3.8, 4) is 11.5 Å². The smallest absolute Gasteiger partial charge is 0.262 e. The fourth-order valence-electron chi connectivity index (χ4n) is 3.20. The molecule has 162 valence electrons. The minimum Gasteiger partial charge on any atom is -0.490 e. The van der Waals surface area contributed by atoms with E-state index in [1.807, 2.05) is 43.3 Å². The quantitative estimate of drug-likeness (QED) is 0.428. The second-order valence-corrected chi connectivity index (χ2v) is 8.44. The predicted molar refractivity (Wildman–Crippen MR) is 128 cm³/mol. The van der Waals surface area contributed by atoms with Gasteiger partial charge in [0.25, 0.3) is 5.91 Å². The van der Waals surface area contributed by atoms with Crippen LogP contribution in [0.2, 0.25) is 5.02 Å². The topological polar surface area (TPSA) is 64.6 Å². The number of Topliss-reactive ketones (excluding diaryl/α,β-unsaturated/α-hetero) is 1. The Hall–Kier alpha value is -3.22. The van der Waals surface area contributed by atoms with Gasteiger partial charge in [0.05, 0.1) is 11.5 Å². The summed E-state index contributed by atoms with van der Waals surface area (Å²) in [6, 6.07) is 19.8. The maximum Gasteiger partial charge on any atom is 0.262 e. The van der Waals surface area contributed by atoms with Crippen LogP contribution in [-0.4, -0.2) is 24.9 Å². The summed E-state index contributed by atoms with van der Waals surface area (Å²) < 4.78 is 11.4. The Labute approximate surface area is 195 Å². The van der Waals surface area contributed by atoms with Crippen LogP contribution in [0.25, 0.3) is 6.08 Å². The molecule has 0 saturated heterocycles. The summed E-state index contributed by atoms with van der Waals surface area (Å²) in [5.74, 6) is 0.655. The second kappa shape index (κ2) is 9.94. The SMILES string of the molecule is CCOc1cc(/C=C2\Sc3ccccc3C2=O)ccc1OCC(=O)Nc1cccc(Cl)c1. The van der Waals surface area contributed by atoms with E-state index in [1.165, 1.54) is 11.8 Å². The average Bonchev–Trinajstić information content (AvgIpc) is 3.09. The summed E-state index contributed by atoms with van der Waals surface area (Å²) in [6.45, 7) is 2.12. The Morgan fingerprint density at radius 1 is 1.03 bits per heavy atom. The standard InChI is InChI=1S/C25H20ClNO4S/c1-2-30-21-12-16(13-23-25(29)19-8-3-4-9-22(19)32-23)10-11-20(21)31-15-24(28)27-18-7-5-6-17(26)14-18/h3-14H,2,15H2,1H3,(H,27,28)/b23-13-. The summed E-state index contributed by atoms with van der Waals surface area (Å²) in [7, 11) is 0. The molecule has 1 amide bonds. The molecular formula is C25H20ClNO4S. The molecule has 1 heterocycles. The van der Waals surface area contributed by atoms with Crippen LogP contribution >= 0.6 is 23.4 Å². The van der Waals surface area contributed by atoms with Crippen molar-refractivity contribution in [2.75, 3.05) is 18.5 Å². The summed E-state index contributed by atoms with van der Waals surface area (Å²) in [5, 5.41) is 3.27. The van der Waals surface area contributed by atoms with E-state index in [9.17, 15) is 9.59 Å². The maximum atomic E-state index is 12.6. The molecule has 1 aliphatic heterocycles. The van der Waals surface area contributed by atoms with Gasteiger partial charge in [-0.2, -0.15) is 0 Å². The third kappa shape index (κ3) is 5.15. The lowest BCUT2D eigenvalue weighted by Crippen LogP contribution is -2.20. The van der Waals surface area contributed by atoms with Gasteiger partial charge in [-0.25, -0.2) is 0 Å². The third-order valence-electron chi connectivity index (χ3n) is 4.61. The molecule has 0 unspecified atom stereocenters. The van der Waals surface area contributed by atoms with Crippen LogP contribution in [0.15, 0.2) is 76.5 Å². The van der Waals surface area contributed by atoms with Crippen LogP contribution in [0, 0.1) is 0 Å². The lowest BCUT2D eigenvalue weighted by atomic mass is 10.1. The van der Waals surface area contributed by atoms with Gasteiger partial charge in [0.2, 0.25) is 5.78 Å². The highest BCUT2D eigenvalue weighted by Gasteiger charge is 2.25. The van der Waals surface area contributed by atoms with Crippen LogP contribution in [0.3, 0.4) is 0 Å². The molecule has 1 aliphatic rings. The van der Waals surface area contributed by atoms with Crippen molar-refractivity contribution in [1.82, 2.24) is 0 Å². The van der Waals surface area contributed by atoms with Crippen LogP contribution in [0.1, 0.15) is 22.8 Å². The highest BCUT2D eigenvalue weighted by Crippen LogP contribution is 2.41. The van der Waals surface area contributed by atoms with E-state index in [-0.39, 0.29) is 18.3 Å². The Morgan fingerprint density at radius 3 is 2.66 bits per heavy atom. The fourth-order valence-corrected chi connectivity index (χ4v) is 4.44. The van der Waals surface area contributed by atoms with Gasteiger partial charge in [-0.1, -0.05) is 47.6 Å². The highest BCUT2D eigenvalue weighted by molar-refractivity contribution is 8.04. The molecule has 0 atom stereocenters. The van der Waals surface area contributed by atoms with Gasteiger partial charge in [0.1, 0.15) is 0 Å². The van der Waals surface area contributed by atoms with Gasteiger partial charge >= 0.3 is 0 Å². The number of ether oxygens (including phenoxy) is 2. The van der Waals surface area contributed by atoms with Crippen molar-refractivity contribution in [2.45, 2.75) is 11.8 Å². The van der Waals surface area contributed by atoms with Gasteiger partial charge in [-0.3, -0.25) is 9.59 Å². The number of halogens is 1. The van der Waals surface area contributed by atoms with Crippen molar-refractivity contribution in [2.24, 2.45) is 0 Å². The molecule has 0 fully saturated rings. The zero-order valence-electron chi connectivity index (χ0n) is 17.3. The van der Waals surface area contributed by atoms with Gasteiger partial charge in [-0.05, 0) is 61.0 Å². The highest BCUT2D eigenvalue weighted by atomic mass is 35.5. The maximum absolute atomic E-state index is 12.6. The molecule has 3 aromatic rings. The monoisotopic (exact) mass is 465 g/mol. The van der Waals surface area contributed by atoms with Crippen molar-refractivity contribution >= 4 is 46.8 Å². The van der Waals surface area contributed by atoms with E-state index in [1.54, 1.807) is 36.4 Å². The van der Waals surface area contributed by atoms with E-state index >= 15 is 0 Å². The number of thioether (sulfide) groups is 1. The van der Waals surface area contributed by atoms with Crippen molar-refractivity contribution in [3.05, 3.63) is 87.8 Å². The Morgan fingerprint density at radius 2 is 1.88 bits per heavy atom. The first-order valence-electron chi connectivity index (χ1n) is 10.0. The fraction of sp³-hybridized carbons (Fsp3) is 0.120. The van der Waals surface area contributed by atoms with Gasteiger partial charge in [0, 0.05) is 21.2 Å². The van der Waals surface area contributed by atoms with E-state index in [0.29, 0.717) is 33.7 Å². The number of hydrogen-bond donors (Lipinski definition) is 1. The minimum atomic E-state index is -0.313. The molecule has 4 rings (SSSR count). The number of hydrogen-bond acceptors (Lipinski definition) is 5. The first kappa shape index (κ1) is 22.0. The lowest BCUT2D eigenvalue weighted by Gasteiger charge is -2.13. The summed E-state index contributed by atoms with van der Waals surface area (Å²) in [5.41, 5.74) is 2.13. The molecule has 32 heavy (non-hydrogen) atoms. The zero-order chi connectivity index (χ0) is 22.5.